The number of benzene rings is 2. The molecule has 0 aliphatic carbocycles. The lowest BCUT2D eigenvalue weighted by Gasteiger charge is -2.23. The van der Waals surface area contributed by atoms with Gasteiger partial charge in [-0.15, -0.1) is 0 Å². The van der Waals surface area contributed by atoms with E-state index in [4.69, 9.17) is 9.47 Å². The molecule has 1 N–H and O–H groups in total. The van der Waals surface area contributed by atoms with Gasteiger partial charge in [-0.25, -0.2) is 0 Å². The van der Waals surface area contributed by atoms with Gasteiger partial charge in [-0.1, -0.05) is 37.3 Å². The van der Waals surface area contributed by atoms with E-state index in [0.717, 1.165) is 23.5 Å². The largest absolute Gasteiger partial charge is 0.494 e. The van der Waals surface area contributed by atoms with E-state index in [1.807, 2.05) is 68.4 Å². The van der Waals surface area contributed by atoms with Crippen molar-refractivity contribution in [2.45, 2.75) is 32.5 Å². The van der Waals surface area contributed by atoms with Crippen LogP contribution in [0.5, 0.6) is 11.5 Å². The first-order valence-corrected chi connectivity index (χ1v) is 7.37. The molecule has 2 aromatic carbocycles. The van der Waals surface area contributed by atoms with Crippen LogP contribution >= 0.6 is 0 Å². The summed E-state index contributed by atoms with van der Waals surface area (Å²) < 4.78 is 11.3. The molecular formula is C18H22O3. The van der Waals surface area contributed by atoms with Gasteiger partial charge in [-0.2, -0.15) is 0 Å². The van der Waals surface area contributed by atoms with Crippen LogP contribution in [0.2, 0.25) is 0 Å². The SMILES string of the molecule is CCOc1ccc(OC(CC)C(O)c2ccccc2)cc1. The second kappa shape index (κ2) is 7.70. The molecule has 21 heavy (non-hydrogen) atoms. The molecule has 2 atom stereocenters. The lowest BCUT2D eigenvalue weighted by molar-refractivity contribution is 0.0331. The molecular weight excluding hydrogens is 264 g/mol. The number of rotatable bonds is 7. The summed E-state index contributed by atoms with van der Waals surface area (Å²) in [6, 6.07) is 17.1. The Labute approximate surface area is 126 Å². The fraction of sp³-hybridized carbons (Fsp3) is 0.333. The summed E-state index contributed by atoms with van der Waals surface area (Å²) in [5.74, 6) is 1.56. The second-order valence-corrected chi connectivity index (χ2v) is 4.82. The summed E-state index contributed by atoms with van der Waals surface area (Å²) >= 11 is 0. The van der Waals surface area contributed by atoms with Gasteiger partial charge in [0.05, 0.1) is 6.61 Å². The molecule has 3 nitrogen and oxygen atoms in total. The highest BCUT2D eigenvalue weighted by Crippen LogP contribution is 2.25. The summed E-state index contributed by atoms with van der Waals surface area (Å²) in [6.07, 6.45) is -0.184. The summed E-state index contributed by atoms with van der Waals surface area (Å²) in [7, 11) is 0. The van der Waals surface area contributed by atoms with E-state index in [1.54, 1.807) is 0 Å². The normalized spacial score (nSPS) is 13.5. The number of hydrogen-bond donors (Lipinski definition) is 1. The number of aliphatic hydroxyl groups excluding tert-OH is 1. The quantitative estimate of drug-likeness (QED) is 0.837. The first-order valence-electron chi connectivity index (χ1n) is 7.37. The fourth-order valence-corrected chi connectivity index (χ4v) is 2.19. The molecule has 2 aromatic rings. The first kappa shape index (κ1) is 15.4. The smallest absolute Gasteiger partial charge is 0.128 e. The maximum absolute atomic E-state index is 10.4. The summed E-state index contributed by atoms with van der Waals surface area (Å²) in [4.78, 5) is 0. The van der Waals surface area contributed by atoms with Crippen LogP contribution in [0.15, 0.2) is 54.6 Å². The van der Waals surface area contributed by atoms with E-state index in [9.17, 15) is 5.11 Å². The van der Waals surface area contributed by atoms with Crippen molar-refractivity contribution >= 4 is 0 Å². The third-order valence-electron chi connectivity index (χ3n) is 3.32. The number of hydrogen-bond acceptors (Lipinski definition) is 3. The Hall–Kier alpha value is -2.00. The Morgan fingerprint density at radius 1 is 0.905 bits per heavy atom. The van der Waals surface area contributed by atoms with Gasteiger partial charge >= 0.3 is 0 Å². The average molecular weight is 286 g/mol. The van der Waals surface area contributed by atoms with Gasteiger partial charge in [0.15, 0.2) is 0 Å². The van der Waals surface area contributed by atoms with Crippen molar-refractivity contribution in [2.75, 3.05) is 6.61 Å². The molecule has 2 unspecified atom stereocenters. The van der Waals surface area contributed by atoms with Crippen molar-refractivity contribution in [2.24, 2.45) is 0 Å². The predicted octanol–water partition coefficient (Wildman–Crippen LogP) is 3.98. The molecule has 112 valence electrons. The third-order valence-corrected chi connectivity index (χ3v) is 3.32. The standard InChI is InChI=1S/C18H22O3/c1-3-17(18(19)14-8-6-5-7-9-14)21-16-12-10-15(11-13-16)20-4-2/h5-13,17-19H,3-4H2,1-2H3. The van der Waals surface area contributed by atoms with Gasteiger partial charge in [-0.3, -0.25) is 0 Å². The monoisotopic (exact) mass is 286 g/mol. The highest BCUT2D eigenvalue weighted by molar-refractivity contribution is 5.31. The van der Waals surface area contributed by atoms with Crippen LogP contribution in [-0.4, -0.2) is 17.8 Å². The van der Waals surface area contributed by atoms with E-state index >= 15 is 0 Å². The van der Waals surface area contributed by atoms with Gasteiger partial charge in [-0.05, 0) is 43.2 Å². The minimum Gasteiger partial charge on any atom is -0.494 e. The molecule has 0 saturated heterocycles. The van der Waals surface area contributed by atoms with Crippen molar-refractivity contribution in [3.05, 3.63) is 60.2 Å². The molecule has 0 aliphatic rings. The minimum atomic E-state index is -0.636. The zero-order valence-corrected chi connectivity index (χ0v) is 12.5. The highest BCUT2D eigenvalue weighted by atomic mass is 16.5. The van der Waals surface area contributed by atoms with E-state index < -0.39 is 6.10 Å². The van der Waals surface area contributed by atoms with Gasteiger partial charge in [0.25, 0.3) is 0 Å². The maximum Gasteiger partial charge on any atom is 0.128 e. The van der Waals surface area contributed by atoms with Crippen LogP contribution in [0.25, 0.3) is 0 Å². The Balaban J connectivity index is 2.04. The van der Waals surface area contributed by atoms with Gasteiger partial charge in [0.2, 0.25) is 0 Å². The molecule has 0 aromatic heterocycles. The molecule has 0 saturated carbocycles. The number of aliphatic hydroxyl groups is 1. The zero-order valence-electron chi connectivity index (χ0n) is 12.5. The summed E-state index contributed by atoms with van der Waals surface area (Å²) in [6.45, 7) is 4.60. The zero-order chi connectivity index (χ0) is 15.1. The summed E-state index contributed by atoms with van der Waals surface area (Å²) in [5, 5.41) is 10.4. The Bertz CT molecular complexity index is 522. The van der Waals surface area contributed by atoms with Crippen molar-refractivity contribution < 1.29 is 14.6 Å². The maximum atomic E-state index is 10.4. The van der Waals surface area contributed by atoms with Crippen LogP contribution in [0.1, 0.15) is 31.9 Å². The molecule has 0 radical (unpaired) electrons. The van der Waals surface area contributed by atoms with Crippen molar-refractivity contribution in [1.29, 1.82) is 0 Å². The van der Waals surface area contributed by atoms with Crippen molar-refractivity contribution in [3.8, 4) is 11.5 Å². The first-order chi connectivity index (χ1) is 10.2. The van der Waals surface area contributed by atoms with Crippen molar-refractivity contribution in [3.63, 3.8) is 0 Å². The molecule has 0 heterocycles. The van der Waals surface area contributed by atoms with Gasteiger partial charge in [0, 0.05) is 0 Å². The Morgan fingerprint density at radius 3 is 2.10 bits per heavy atom. The van der Waals surface area contributed by atoms with Gasteiger partial charge < -0.3 is 14.6 Å². The van der Waals surface area contributed by atoms with Crippen LogP contribution < -0.4 is 9.47 Å². The lowest BCUT2D eigenvalue weighted by atomic mass is 10.0. The van der Waals surface area contributed by atoms with Crippen LogP contribution in [-0.2, 0) is 0 Å². The highest BCUT2D eigenvalue weighted by Gasteiger charge is 2.20. The van der Waals surface area contributed by atoms with E-state index in [2.05, 4.69) is 0 Å². The Kier molecular flexibility index (Phi) is 5.64. The van der Waals surface area contributed by atoms with E-state index in [1.165, 1.54) is 0 Å². The van der Waals surface area contributed by atoms with Crippen LogP contribution in [0.4, 0.5) is 0 Å². The molecule has 3 heteroatoms. The third kappa shape index (κ3) is 4.23. The molecule has 0 fully saturated rings. The van der Waals surface area contributed by atoms with E-state index in [0.29, 0.717) is 6.61 Å². The van der Waals surface area contributed by atoms with Gasteiger partial charge in [0.1, 0.15) is 23.7 Å². The molecule has 2 rings (SSSR count). The minimum absolute atomic E-state index is 0.273. The molecule has 0 bridgehead atoms. The van der Waals surface area contributed by atoms with Crippen LogP contribution in [0, 0.1) is 0 Å². The van der Waals surface area contributed by atoms with Crippen molar-refractivity contribution in [1.82, 2.24) is 0 Å². The molecule has 0 aliphatic heterocycles. The lowest BCUT2D eigenvalue weighted by Crippen LogP contribution is -2.24. The fourth-order valence-electron chi connectivity index (χ4n) is 2.19. The Morgan fingerprint density at radius 2 is 1.52 bits per heavy atom. The molecule has 0 amide bonds. The molecule has 0 spiro atoms. The second-order valence-electron chi connectivity index (χ2n) is 4.82. The van der Waals surface area contributed by atoms with Crippen LogP contribution in [0.3, 0.4) is 0 Å². The topological polar surface area (TPSA) is 38.7 Å². The van der Waals surface area contributed by atoms with E-state index in [-0.39, 0.29) is 6.10 Å². The average Bonchev–Trinajstić information content (AvgIpc) is 2.54. The number of ether oxygens (including phenoxy) is 2. The predicted molar refractivity (Wildman–Crippen MR) is 83.7 cm³/mol. The summed E-state index contributed by atoms with van der Waals surface area (Å²) in [5.41, 5.74) is 0.871.